The lowest BCUT2D eigenvalue weighted by molar-refractivity contribution is -0.141. The third kappa shape index (κ3) is 8.16. The molecule has 0 unspecified atom stereocenters. The monoisotopic (exact) mass is 726 g/mol. The van der Waals surface area contributed by atoms with Crippen molar-refractivity contribution in [2.45, 2.75) is 0 Å². The summed E-state index contributed by atoms with van der Waals surface area (Å²) in [6, 6.07) is 49.6. The maximum atomic E-state index is 14.0. The molecule has 52 heavy (non-hydrogen) atoms. The van der Waals surface area contributed by atoms with Crippen molar-refractivity contribution in [2.24, 2.45) is 0 Å². The van der Waals surface area contributed by atoms with Crippen LogP contribution < -0.4 is 31.8 Å². The minimum Gasteiger partial charge on any atom is -0.479 e. The summed E-state index contributed by atoms with van der Waals surface area (Å²) < 4.78 is 10.7. The van der Waals surface area contributed by atoms with Crippen molar-refractivity contribution in [1.82, 2.24) is 0 Å². The molecule has 6 rings (SSSR count). The molecule has 0 spiro atoms. The van der Waals surface area contributed by atoms with E-state index in [1.807, 2.05) is 133 Å². The molecular weight excluding hydrogens is 694 g/mol. The highest BCUT2D eigenvalue weighted by Crippen LogP contribution is 2.43. The average Bonchev–Trinajstić information content (AvgIpc) is 3.18. The standard InChI is InChI=1S/C42H32O8P2/c43-37(44)27-49-41(47)33-23-13-25-35(51(29-15-5-1-6-16-29)30-17-7-2-8-18-30)39(33)40-34(42(48)50-28-38(45)46)24-14-26-36(40)52(31-19-9-3-10-20-31)32-21-11-4-12-22-32/h1-26H,27-28H2,(H,43,44)(H,45,46). The number of rotatable bonds is 13. The number of carbonyl (C=O) groups excluding carboxylic acids is 2. The smallest absolute Gasteiger partial charge is 0.341 e. The van der Waals surface area contributed by atoms with Gasteiger partial charge in [-0.05, 0) is 59.8 Å². The molecule has 2 N–H and O–H groups in total. The second kappa shape index (κ2) is 16.8. The van der Waals surface area contributed by atoms with Crippen molar-refractivity contribution in [1.29, 1.82) is 0 Å². The van der Waals surface area contributed by atoms with Crippen LogP contribution in [0.4, 0.5) is 0 Å². The SMILES string of the molecule is O=C(O)COC(=O)c1cccc(P(c2ccccc2)c2ccccc2)c1-c1c(C(=O)OCC(=O)O)cccc1P(c1ccccc1)c1ccccc1. The molecule has 6 aromatic carbocycles. The van der Waals surface area contributed by atoms with E-state index >= 15 is 0 Å². The highest BCUT2D eigenvalue weighted by atomic mass is 31.1. The Hall–Kier alpha value is -5.94. The van der Waals surface area contributed by atoms with Crippen LogP contribution in [0.25, 0.3) is 11.1 Å². The van der Waals surface area contributed by atoms with Gasteiger partial charge in [0.1, 0.15) is 0 Å². The zero-order valence-electron chi connectivity index (χ0n) is 27.7. The first-order valence-corrected chi connectivity index (χ1v) is 18.9. The molecule has 0 atom stereocenters. The number of carboxylic acids is 2. The molecule has 0 saturated heterocycles. The zero-order chi connectivity index (χ0) is 36.5. The largest absolute Gasteiger partial charge is 0.479 e. The Labute approximate surface area is 302 Å². The van der Waals surface area contributed by atoms with Crippen LogP contribution in [-0.4, -0.2) is 47.3 Å². The van der Waals surface area contributed by atoms with E-state index in [-0.39, 0.29) is 11.1 Å². The summed E-state index contributed by atoms with van der Waals surface area (Å²) >= 11 is 0. The van der Waals surface area contributed by atoms with Gasteiger partial charge in [0, 0.05) is 11.1 Å². The van der Waals surface area contributed by atoms with Gasteiger partial charge in [0.2, 0.25) is 0 Å². The summed E-state index contributed by atoms with van der Waals surface area (Å²) in [4.78, 5) is 51.2. The first-order valence-electron chi connectivity index (χ1n) is 16.2. The first kappa shape index (κ1) is 35.9. The third-order valence-corrected chi connectivity index (χ3v) is 12.9. The van der Waals surface area contributed by atoms with E-state index in [0.29, 0.717) is 21.7 Å². The number of hydrogen-bond acceptors (Lipinski definition) is 6. The molecule has 0 saturated carbocycles. The molecule has 0 heterocycles. The topological polar surface area (TPSA) is 127 Å². The quantitative estimate of drug-likeness (QED) is 0.121. The molecule has 258 valence electrons. The lowest BCUT2D eigenvalue weighted by Crippen LogP contribution is -2.29. The summed E-state index contributed by atoms with van der Waals surface area (Å²) in [7, 11) is -2.81. The lowest BCUT2D eigenvalue weighted by Gasteiger charge is -2.28. The van der Waals surface area contributed by atoms with Gasteiger partial charge in [0.05, 0.1) is 11.1 Å². The predicted molar refractivity (Wildman–Crippen MR) is 205 cm³/mol. The van der Waals surface area contributed by atoms with Crippen LogP contribution in [0, 0.1) is 0 Å². The molecule has 0 fully saturated rings. The van der Waals surface area contributed by atoms with Crippen LogP contribution in [0.1, 0.15) is 20.7 Å². The Morgan fingerprint density at radius 2 is 0.692 bits per heavy atom. The molecule has 0 aromatic heterocycles. The van der Waals surface area contributed by atoms with Crippen molar-refractivity contribution in [3.63, 3.8) is 0 Å². The fourth-order valence-corrected chi connectivity index (χ4v) is 10.9. The summed E-state index contributed by atoms with van der Waals surface area (Å²) in [5.41, 5.74) is 0.839. The summed E-state index contributed by atoms with van der Waals surface area (Å²) in [5, 5.41) is 24.1. The van der Waals surface area contributed by atoms with Gasteiger partial charge in [-0.25, -0.2) is 19.2 Å². The summed E-state index contributed by atoms with van der Waals surface area (Å²) in [6.45, 7) is -1.74. The van der Waals surface area contributed by atoms with Crippen molar-refractivity contribution < 1.29 is 38.9 Å². The van der Waals surface area contributed by atoms with Crippen LogP contribution in [-0.2, 0) is 19.1 Å². The van der Waals surface area contributed by atoms with Gasteiger partial charge >= 0.3 is 23.9 Å². The number of esters is 2. The second-order valence-corrected chi connectivity index (χ2v) is 15.7. The van der Waals surface area contributed by atoms with Crippen LogP contribution >= 0.6 is 15.8 Å². The number of carbonyl (C=O) groups is 4. The maximum absolute atomic E-state index is 14.0. The van der Waals surface area contributed by atoms with E-state index < -0.39 is 52.9 Å². The lowest BCUT2D eigenvalue weighted by atomic mass is 9.95. The van der Waals surface area contributed by atoms with E-state index in [4.69, 9.17) is 9.47 Å². The molecular formula is C42H32O8P2. The van der Waals surface area contributed by atoms with Crippen molar-refractivity contribution in [3.05, 3.63) is 169 Å². The molecule has 6 aromatic rings. The summed E-state index contributed by atoms with van der Waals surface area (Å²) in [5.74, 6) is -4.42. The van der Waals surface area contributed by atoms with Crippen LogP contribution in [0.5, 0.6) is 0 Å². The van der Waals surface area contributed by atoms with Crippen LogP contribution in [0.2, 0.25) is 0 Å². The van der Waals surface area contributed by atoms with E-state index in [1.54, 1.807) is 24.3 Å². The normalized spacial score (nSPS) is 10.9. The number of benzene rings is 6. The van der Waals surface area contributed by atoms with Gasteiger partial charge in [-0.15, -0.1) is 0 Å². The summed E-state index contributed by atoms with van der Waals surface area (Å²) in [6.07, 6.45) is 0. The van der Waals surface area contributed by atoms with E-state index in [0.717, 1.165) is 21.2 Å². The Balaban J connectivity index is 1.75. The van der Waals surface area contributed by atoms with Gasteiger partial charge in [0.25, 0.3) is 0 Å². The molecule has 0 aliphatic heterocycles. The number of carboxylic acid groups (broad SMARTS) is 2. The highest BCUT2D eigenvalue weighted by Gasteiger charge is 2.32. The Morgan fingerprint density at radius 3 is 0.962 bits per heavy atom. The molecule has 8 nitrogen and oxygen atoms in total. The Morgan fingerprint density at radius 1 is 0.404 bits per heavy atom. The molecule has 0 aliphatic rings. The third-order valence-electron chi connectivity index (χ3n) is 7.97. The van der Waals surface area contributed by atoms with E-state index in [1.165, 1.54) is 0 Å². The number of ether oxygens (including phenoxy) is 2. The molecule has 0 bridgehead atoms. The van der Waals surface area contributed by atoms with Gasteiger partial charge in [0.15, 0.2) is 13.2 Å². The van der Waals surface area contributed by atoms with E-state index in [9.17, 15) is 29.4 Å². The zero-order valence-corrected chi connectivity index (χ0v) is 29.5. The number of hydrogen-bond donors (Lipinski definition) is 2. The van der Waals surface area contributed by atoms with E-state index in [2.05, 4.69) is 0 Å². The average molecular weight is 727 g/mol. The maximum Gasteiger partial charge on any atom is 0.341 e. The van der Waals surface area contributed by atoms with Crippen molar-refractivity contribution in [3.8, 4) is 11.1 Å². The first-order chi connectivity index (χ1) is 25.3. The highest BCUT2D eigenvalue weighted by molar-refractivity contribution is 7.80. The number of aliphatic carboxylic acids is 2. The van der Waals surface area contributed by atoms with Gasteiger partial charge < -0.3 is 19.7 Å². The Kier molecular flexibility index (Phi) is 11.6. The van der Waals surface area contributed by atoms with Gasteiger partial charge in [-0.3, -0.25) is 0 Å². The second-order valence-electron chi connectivity index (χ2n) is 11.4. The molecule has 0 amide bonds. The van der Waals surface area contributed by atoms with Gasteiger partial charge in [-0.1, -0.05) is 146 Å². The fourth-order valence-electron chi connectivity index (χ4n) is 5.89. The predicted octanol–water partition coefficient (Wildman–Crippen LogP) is 5.35. The van der Waals surface area contributed by atoms with Gasteiger partial charge in [-0.2, -0.15) is 0 Å². The molecule has 0 aliphatic carbocycles. The van der Waals surface area contributed by atoms with Crippen molar-refractivity contribution >= 4 is 71.5 Å². The van der Waals surface area contributed by atoms with Crippen LogP contribution in [0.15, 0.2) is 158 Å². The minimum atomic E-state index is -1.41. The fraction of sp³-hybridized carbons (Fsp3) is 0.0476. The molecule has 10 heteroatoms. The molecule has 0 radical (unpaired) electrons. The Bertz CT molecular complexity index is 1960. The minimum absolute atomic E-state index is 0.0499. The van der Waals surface area contributed by atoms with Crippen molar-refractivity contribution in [2.75, 3.05) is 13.2 Å². The van der Waals surface area contributed by atoms with Crippen LogP contribution in [0.3, 0.4) is 0 Å².